The second-order valence-electron chi connectivity index (χ2n) is 15.2. The Hall–Kier alpha value is -7.93. The van der Waals surface area contributed by atoms with Gasteiger partial charge in [-0.3, -0.25) is 0 Å². The van der Waals surface area contributed by atoms with Crippen molar-refractivity contribution in [3.8, 4) is 39.7 Å². The zero-order valence-electron chi connectivity index (χ0n) is 31.4. The lowest BCUT2D eigenvalue weighted by Gasteiger charge is -2.15. The predicted molar refractivity (Wildman–Crippen MR) is 243 cm³/mol. The van der Waals surface area contributed by atoms with Gasteiger partial charge in [-0.25, -0.2) is 0 Å². The molecule has 10 aromatic carbocycles. The highest BCUT2D eigenvalue weighted by Crippen LogP contribution is 2.43. The molecular formula is C55H33N3. The van der Waals surface area contributed by atoms with E-state index in [1.54, 1.807) is 0 Å². The molecule has 12 rings (SSSR count). The summed E-state index contributed by atoms with van der Waals surface area (Å²) in [6.45, 7) is 0. The van der Waals surface area contributed by atoms with Crippen LogP contribution in [0.25, 0.3) is 110 Å². The highest BCUT2D eigenvalue weighted by atomic mass is 15.0. The lowest BCUT2D eigenvalue weighted by atomic mass is 9.88. The van der Waals surface area contributed by atoms with Crippen LogP contribution >= 0.6 is 0 Å². The van der Waals surface area contributed by atoms with E-state index >= 15 is 0 Å². The van der Waals surface area contributed by atoms with Crippen LogP contribution in [0.2, 0.25) is 0 Å². The third-order valence-electron chi connectivity index (χ3n) is 12.1. The molecule has 12 aromatic rings. The van der Waals surface area contributed by atoms with Crippen molar-refractivity contribution >= 4 is 75.9 Å². The summed E-state index contributed by atoms with van der Waals surface area (Å²) >= 11 is 0. The molecule has 0 fully saturated rings. The third kappa shape index (κ3) is 4.73. The first kappa shape index (κ1) is 32.3. The van der Waals surface area contributed by atoms with Crippen LogP contribution < -0.4 is 0 Å². The van der Waals surface area contributed by atoms with Crippen molar-refractivity contribution < 1.29 is 0 Å². The van der Waals surface area contributed by atoms with Gasteiger partial charge in [0, 0.05) is 32.9 Å². The second kappa shape index (κ2) is 12.5. The van der Waals surface area contributed by atoms with Crippen molar-refractivity contribution in [1.82, 2.24) is 9.13 Å². The number of aromatic nitrogens is 2. The Labute approximate surface area is 334 Å². The van der Waals surface area contributed by atoms with Crippen molar-refractivity contribution in [1.29, 1.82) is 5.26 Å². The molecule has 0 unspecified atom stereocenters. The summed E-state index contributed by atoms with van der Waals surface area (Å²) in [5.74, 6) is 0. The molecule has 0 spiro atoms. The monoisotopic (exact) mass is 735 g/mol. The molecule has 2 aromatic heterocycles. The number of benzene rings is 10. The maximum Gasteiger partial charge on any atom is 0.0992 e. The van der Waals surface area contributed by atoms with Gasteiger partial charge in [-0.05, 0) is 115 Å². The summed E-state index contributed by atoms with van der Waals surface area (Å²) < 4.78 is 4.80. The number of rotatable bonds is 4. The molecule has 0 saturated carbocycles. The molecule has 0 atom stereocenters. The van der Waals surface area contributed by atoms with Gasteiger partial charge in [0.2, 0.25) is 0 Å². The van der Waals surface area contributed by atoms with Crippen molar-refractivity contribution in [3.63, 3.8) is 0 Å². The summed E-state index contributed by atoms with van der Waals surface area (Å²) in [7, 11) is 0. The molecule has 0 aliphatic carbocycles. The fourth-order valence-corrected chi connectivity index (χ4v) is 9.54. The average molecular weight is 736 g/mol. The van der Waals surface area contributed by atoms with Crippen molar-refractivity contribution in [2.24, 2.45) is 0 Å². The first-order chi connectivity index (χ1) is 28.7. The van der Waals surface area contributed by atoms with Crippen LogP contribution in [0, 0.1) is 11.3 Å². The lowest BCUT2D eigenvalue weighted by molar-refractivity contribution is 1.16. The molecule has 0 aliphatic heterocycles. The van der Waals surface area contributed by atoms with Crippen LogP contribution in [0.15, 0.2) is 200 Å². The minimum Gasteiger partial charge on any atom is -0.309 e. The smallest absolute Gasteiger partial charge is 0.0992 e. The minimum absolute atomic E-state index is 0.662. The molecule has 2 heterocycles. The van der Waals surface area contributed by atoms with Gasteiger partial charge in [0.25, 0.3) is 0 Å². The van der Waals surface area contributed by atoms with Crippen LogP contribution in [-0.2, 0) is 0 Å². The number of hydrogen-bond donors (Lipinski definition) is 0. The molecule has 0 bridgehead atoms. The Balaban J connectivity index is 0.984. The molecule has 0 amide bonds. The van der Waals surface area contributed by atoms with Gasteiger partial charge in [0.1, 0.15) is 0 Å². The van der Waals surface area contributed by atoms with Crippen molar-refractivity contribution in [2.45, 2.75) is 0 Å². The molecule has 0 radical (unpaired) electrons. The van der Waals surface area contributed by atoms with E-state index in [1.165, 1.54) is 65.2 Å². The Morgan fingerprint density at radius 1 is 0.310 bits per heavy atom. The summed E-state index contributed by atoms with van der Waals surface area (Å²) in [6, 6.07) is 74.4. The topological polar surface area (TPSA) is 33.6 Å². The maximum atomic E-state index is 10.1. The number of hydrogen-bond acceptors (Lipinski definition) is 1. The van der Waals surface area contributed by atoms with E-state index in [-0.39, 0.29) is 0 Å². The van der Waals surface area contributed by atoms with E-state index in [0.29, 0.717) is 5.56 Å². The summed E-state index contributed by atoms with van der Waals surface area (Å²) in [5, 5.41) is 22.2. The third-order valence-corrected chi connectivity index (χ3v) is 12.1. The SMILES string of the molecule is N#Cc1cc(-c2ccc(-c3ccc(-n4c5ccccc5c5cc6c7ccccc7n(-c7ccccc7)c6cc54)cc3)cc2)c2c3ccccc3c3ccccc3c2c1. The molecule has 268 valence electrons. The Morgan fingerprint density at radius 2 is 0.759 bits per heavy atom. The Kier molecular flexibility index (Phi) is 6.99. The van der Waals surface area contributed by atoms with Gasteiger partial charge in [0.05, 0.1) is 33.7 Å². The summed E-state index contributed by atoms with van der Waals surface area (Å²) in [4.78, 5) is 0. The van der Waals surface area contributed by atoms with E-state index < -0.39 is 0 Å². The summed E-state index contributed by atoms with van der Waals surface area (Å²) in [5.41, 5.74) is 12.1. The number of para-hydroxylation sites is 3. The van der Waals surface area contributed by atoms with Gasteiger partial charge in [-0.15, -0.1) is 0 Å². The largest absolute Gasteiger partial charge is 0.309 e. The molecular weight excluding hydrogens is 703 g/mol. The van der Waals surface area contributed by atoms with Gasteiger partial charge >= 0.3 is 0 Å². The second-order valence-corrected chi connectivity index (χ2v) is 15.2. The van der Waals surface area contributed by atoms with Gasteiger partial charge < -0.3 is 9.13 Å². The van der Waals surface area contributed by atoms with Gasteiger partial charge in [0.15, 0.2) is 0 Å². The quantitative estimate of drug-likeness (QED) is 0.166. The molecule has 58 heavy (non-hydrogen) atoms. The van der Waals surface area contributed by atoms with Crippen LogP contribution in [0.4, 0.5) is 0 Å². The predicted octanol–water partition coefficient (Wildman–Crippen LogP) is 14.5. The first-order valence-corrected chi connectivity index (χ1v) is 19.7. The highest BCUT2D eigenvalue weighted by molar-refractivity contribution is 6.28. The molecule has 0 saturated heterocycles. The van der Waals surface area contributed by atoms with Crippen molar-refractivity contribution in [2.75, 3.05) is 0 Å². The molecule has 3 nitrogen and oxygen atoms in total. The fraction of sp³-hybridized carbons (Fsp3) is 0. The fourth-order valence-electron chi connectivity index (χ4n) is 9.54. The van der Waals surface area contributed by atoms with Gasteiger partial charge in [-0.1, -0.05) is 140 Å². The number of nitrogens with zero attached hydrogens (tertiary/aromatic N) is 3. The van der Waals surface area contributed by atoms with Crippen LogP contribution in [0.3, 0.4) is 0 Å². The highest BCUT2D eigenvalue weighted by Gasteiger charge is 2.19. The van der Waals surface area contributed by atoms with Crippen LogP contribution in [0.5, 0.6) is 0 Å². The zero-order valence-corrected chi connectivity index (χ0v) is 31.4. The Bertz CT molecular complexity index is 3660. The van der Waals surface area contributed by atoms with Gasteiger partial charge in [-0.2, -0.15) is 5.26 Å². The van der Waals surface area contributed by atoms with E-state index in [4.69, 9.17) is 0 Å². The van der Waals surface area contributed by atoms with E-state index in [0.717, 1.165) is 44.4 Å². The zero-order chi connectivity index (χ0) is 38.3. The first-order valence-electron chi connectivity index (χ1n) is 19.7. The normalized spacial score (nSPS) is 11.8. The number of fused-ring (bicyclic) bond motifs is 12. The van der Waals surface area contributed by atoms with E-state index in [2.05, 4.69) is 203 Å². The molecule has 0 N–H and O–H groups in total. The summed E-state index contributed by atoms with van der Waals surface area (Å²) in [6.07, 6.45) is 0. The number of nitriles is 1. The lowest BCUT2D eigenvalue weighted by Crippen LogP contribution is -1.95. The average Bonchev–Trinajstić information content (AvgIpc) is 3.80. The van der Waals surface area contributed by atoms with E-state index in [9.17, 15) is 5.26 Å². The van der Waals surface area contributed by atoms with Crippen molar-refractivity contribution in [3.05, 3.63) is 206 Å². The standard InChI is InChI=1S/C55H33N3/c56-34-35-30-47(55-46-19-7-6-15-42(46)41-14-4-5-16-43(41)50(55)31-35)38-24-22-36(23-25-38)37-26-28-40(29-27-37)58-52-21-11-9-18-45(52)49-32-48-44-17-8-10-20-51(44)57(53(48)33-54(49)58)39-12-2-1-3-13-39/h1-33H. The molecule has 0 aliphatic rings. The maximum absolute atomic E-state index is 10.1. The van der Waals surface area contributed by atoms with E-state index in [1.807, 2.05) is 12.1 Å². The minimum atomic E-state index is 0.662. The van der Waals surface area contributed by atoms with Crippen LogP contribution in [0.1, 0.15) is 5.56 Å². The van der Waals surface area contributed by atoms with Crippen LogP contribution in [-0.4, -0.2) is 9.13 Å². The Morgan fingerprint density at radius 3 is 1.34 bits per heavy atom. The molecule has 3 heteroatoms.